The van der Waals surface area contributed by atoms with Crippen LogP contribution in [0.3, 0.4) is 0 Å². The highest BCUT2D eigenvalue weighted by molar-refractivity contribution is 7.10. The Balaban J connectivity index is 2.50. The van der Waals surface area contributed by atoms with E-state index in [1.165, 1.54) is 10.4 Å². The first kappa shape index (κ1) is 14.9. The van der Waals surface area contributed by atoms with E-state index in [0.717, 1.165) is 23.6 Å². The molecule has 0 fully saturated rings. The van der Waals surface area contributed by atoms with Gasteiger partial charge in [-0.05, 0) is 31.0 Å². The molecule has 0 amide bonds. The normalized spacial score (nSPS) is 12.2. The predicted octanol–water partition coefficient (Wildman–Crippen LogP) is 3.77. The van der Waals surface area contributed by atoms with Gasteiger partial charge in [0.1, 0.15) is 11.5 Å². The number of thiophene rings is 1. The van der Waals surface area contributed by atoms with E-state index < -0.39 is 0 Å². The SMILES string of the molecule is CCNC(c1cc(C)ccc1OC)c1sccc1OC. The predicted molar refractivity (Wildman–Crippen MR) is 84.1 cm³/mol. The summed E-state index contributed by atoms with van der Waals surface area (Å²) in [6.45, 7) is 5.08. The Morgan fingerprint density at radius 3 is 2.55 bits per heavy atom. The molecule has 1 heterocycles. The summed E-state index contributed by atoms with van der Waals surface area (Å²) in [7, 11) is 3.42. The van der Waals surface area contributed by atoms with E-state index in [1.54, 1.807) is 25.6 Å². The lowest BCUT2D eigenvalue weighted by Crippen LogP contribution is -2.22. The first-order valence-electron chi connectivity index (χ1n) is 6.70. The quantitative estimate of drug-likeness (QED) is 0.878. The first-order chi connectivity index (χ1) is 9.71. The summed E-state index contributed by atoms with van der Waals surface area (Å²) in [5, 5.41) is 5.58. The van der Waals surface area contributed by atoms with Crippen molar-refractivity contribution < 1.29 is 9.47 Å². The number of hydrogen-bond donors (Lipinski definition) is 1. The average Bonchev–Trinajstić information content (AvgIpc) is 2.93. The molecule has 20 heavy (non-hydrogen) atoms. The second-order valence-corrected chi connectivity index (χ2v) is 5.54. The van der Waals surface area contributed by atoms with Crippen molar-refractivity contribution in [2.45, 2.75) is 19.9 Å². The Bertz CT molecular complexity index is 565. The van der Waals surface area contributed by atoms with Gasteiger partial charge in [0, 0.05) is 5.56 Å². The minimum Gasteiger partial charge on any atom is -0.496 e. The third-order valence-electron chi connectivity index (χ3n) is 3.24. The summed E-state index contributed by atoms with van der Waals surface area (Å²) >= 11 is 1.70. The second-order valence-electron chi connectivity index (χ2n) is 4.59. The molecule has 0 saturated carbocycles. The number of benzene rings is 1. The minimum absolute atomic E-state index is 0.0878. The van der Waals surface area contributed by atoms with E-state index in [9.17, 15) is 0 Å². The zero-order valence-electron chi connectivity index (χ0n) is 12.4. The van der Waals surface area contributed by atoms with Crippen molar-refractivity contribution in [2.24, 2.45) is 0 Å². The first-order valence-corrected chi connectivity index (χ1v) is 7.58. The van der Waals surface area contributed by atoms with Crippen LogP contribution in [0.2, 0.25) is 0 Å². The van der Waals surface area contributed by atoms with E-state index in [1.807, 2.05) is 12.1 Å². The van der Waals surface area contributed by atoms with Gasteiger partial charge in [-0.25, -0.2) is 0 Å². The summed E-state index contributed by atoms with van der Waals surface area (Å²) in [6.07, 6.45) is 0. The molecule has 1 unspecified atom stereocenters. The Morgan fingerprint density at radius 2 is 1.90 bits per heavy atom. The third-order valence-corrected chi connectivity index (χ3v) is 4.21. The van der Waals surface area contributed by atoms with E-state index in [-0.39, 0.29) is 6.04 Å². The number of nitrogens with one attached hydrogen (secondary N) is 1. The summed E-state index contributed by atoms with van der Waals surface area (Å²) < 4.78 is 11.0. The maximum Gasteiger partial charge on any atom is 0.134 e. The Kier molecular flexibility index (Phi) is 5.04. The summed E-state index contributed by atoms with van der Waals surface area (Å²) in [4.78, 5) is 1.18. The smallest absolute Gasteiger partial charge is 0.134 e. The Morgan fingerprint density at radius 1 is 1.15 bits per heavy atom. The van der Waals surface area contributed by atoms with Gasteiger partial charge in [0.05, 0.1) is 25.1 Å². The molecule has 0 radical (unpaired) electrons. The van der Waals surface area contributed by atoms with Crippen molar-refractivity contribution in [3.63, 3.8) is 0 Å². The zero-order chi connectivity index (χ0) is 14.5. The van der Waals surface area contributed by atoms with Gasteiger partial charge in [-0.1, -0.05) is 24.6 Å². The lowest BCUT2D eigenvalue weighted by molar-refractivity contribution is 0.396. The molecular formula is C16H21NO2S. The lowest BCUT2D eigenvalue weighted by Gasteiger charge is -2.21. The monoisotopic (exact) mass is 291 g/mol. The summed E-state index contributed by atoms with van der Waals surface area (Å²) in [6, 6.07) is 8.36. The number of methoxy groups -OCH3 is 2. The molecule has 0 bridgehead atoms. The van der Waals surface area contributed by atoms with Crippen LogP contribution in [0, 0.1) is 6.92 Å². The second kappa shape index (κ2) is 6.77. The van der Waals surface area contributed by atoms with Crippen molar-refractivity contribution >= 4 is 11.3 Å². The number of aryl methyl sites for hydroxylation is 1. The molecule has 1 aromatic carbocycles. The fraction of sp³-hybridized carbons (Fsp3) is 0.375. The van der Waals surface area contributed by atoms with E-state index in [4.69, 9.17) is 9.47 Å². The molecule has 0 spiro atoms. The highest BCUT2D eigenvalue weighted by atomic mass is 32.1. The highest BCUT2D eigenvalue weighted by Gasteiger charge is 2.22. The van der Waals surface area contributed by atoms with Crippen molar-refractivity contribution in [3.8, 4) is 11.5 Å². The van der Waals surface area contributed by atoms with Crippen LogP contribution in [0.15, 0.2) is 29.6 Å². The maximum atomic E-state index is 5.52. The van der Waals surface area contributed by atoms with E-state index in [0.29, 0.717) is 0 Å². The van der Waals surface area contributed by atoms with Crippen LogP contribution in [0.5, 0.6) is 11.5 Å². The summed E-state index contributed by atoms with van der Waals surface area (Å²) in [5.41, 5.74) is 2.37. The van der Waals surface area contributed by atoms with Gasteiger partial charge in [-0.3, -0.25) is 0 Å². The topological polar surface area (TPSA) is 30.5 Å². The fourth-order valence-corrected chi connectivity index (χ4v) is 3.27. The zero-order valence-corrected chi connectivity index (χ0v) is 13.2. The minimum atomic E-state index is 0.0878. The molecule has 3 nitrogen and oxygen atoms in total. The van der Waals surface area contributed by atoms with Gasteiger partial charge in [-0.15, -0.1) is 11.3 Å². The molecule has 1 atom stereocenters. The van der Waals surface area contributed by atoms with Crippen molar-refractivity contribution in [1.29, 1.82) is 0 Å². The number of rotatable bonds is 6. The average molecular weight is 291 g/mol. The molecule has 2 aromatic rings. The molecule has 2 rings (SSSR count). The largest absolute Gasteiger partial charge is 0.496 e. The van der Waals surface area contributed by atoms with Gasteiger partial charge in [0.2, 0.25) is 0 Å². The van der Waals surface area contributed by atoms with Crippen molar-refractivity contribution in [2.75, 3.05) is 20.8 Å². The molecule has 108 valence electrons. The number of hydrogen-bond acceptors (Lipinski definition) is 4. The standard InChI is InChI=1S/C16H21NO2S/c1-5-17-15(16-14(19-4)8-9-20-16)12-10-11(2)6-7-13(12)18-3/h6-10,15,17H,5H2,1-4H3. The van der Waals surface area contributed by atoms with Gasteiger partial charge in [0.15, 0.2) is 0 Å². The lowest BCUT2D eigenvalue weighted by atomic mass is 10.0. The van der Waals surface area contributed by atoms with Crippen LogP contribution in [-0.4, -0.2) is 20.8 Å². The van der Waals surface area contributed by atoms with Crippen LogP contribution in [0.1, 0.15) is 29.0 Å². The third kappa shape index (κ3) is 2.97. The van der Waals surface area contributed by atoms with Gasteiger partial charge in [0.25, 0.3) is 0 Å². The van der Waals surface area contributed by atoms with Gasteiger partial charge < -0.3 is 14.8 Å². The van der Waals surface area contributed by atoms with Crippen molar-refractivity contribution in [3.05, 3.63) is 45.6 Å². The van der Waals surface area contributed by atoms with E-state index >= 15 is 0 Å². The maximum absolute atomic E-state index is 5.52. The van der Waals surface area contributed by atoms with E-state index in [2.05, 4.69) is 36.7 Å². The van der Waals surface area contributed by atoms with Crippen LogP contribution in [0.25, 0.3) is 0 Å². The van der Waals surface area contributed by atoms with Crippen LogP contribution >= 0.6 is 11.3 Å². The Labute approximate surface area is 124 Å². The molecule has 0 saturated heterocycles. The fourth-order valence-electron chi connectivity index (χ4n) is 2.32. The highest BCUT2D eigenvalue weighted by Crippen LogP contribution is 2.38. The van der Waals surface area contributed by atoms with Crippen LogP contribution in [0.4, 0.5) is 0 Å². The number of ether oxygens (including phenoxy) is 2. The molecule has 1 N–H and O–H groups in total. The molecule has 1 aromatic heterocycles. The van der Waals surface area contributed by atoms with Crippen molar-refractivity contribution in [1.82, 2.24) is 5.32 Å². The molecule has 0 aliphatic carbocycles. The van der Waals surface area contributed by atoms with Crippen LogP contribution in [-0.2, 0) is 0 Å². The molecule has 4 heteroatoms. The van der Waals surface area contributed by atoms with Gasteiger partial charge >= 0.3 is 0 Å². The molecular weight excluding hydrogens is 270 g/mol. The summed E-state index contributed by atoms with van der Waals surface area (Å²) in [5.74, 6) is 1.82. The molecule has 0 aliphatic heterocycles. The van der Waals surface area contributed by atoms with Crippen LogP contribution < -0.4 is 14.8 Å². The van der Waals surface area contributed by atoms with Gasteiger partial charge in [-0.2, -0.15) is 0 Å². The molecule has 0 aliphatic rings. The Hall–Kier alpha value is -1.52.